The molecule has 0 aliphatic rings. The van der Waals surface area contributed by atoms with Gasteiger partial charge in [0.25, 0.3) is 0 Å². The Bertz CT molecular complexity index is 672. The van der Waals surface area contributed by atoms with Crippen molar-refractivity contribution in [3.63, 3.8) is 0 Å². The minimum Gasteiger partial charge on any atom is -0.494 e. The summed E-state index contributed by atoms with van der Waals surface area (Å²) >= 11 is 0. The van der Waals surface area contributed by atoms with Crippen LogP contribution in [0.4, 0.5) is 0 Å². The van der Waals surface area contributed by atoms with Crippen molar-refractivity contribution < 1.29 is 14.6 Å². The predicted octanol–water partition coefficient (Wildman–Crippen LogP) is 4.02. The number of carbonyl (C=O) groups is 1. The second kappa shape index (κ2) is 6.75. The average Bonchev–Trinajstić information content (AvgIpc) is 2.46. The van der Waals surface area contributed by atoms with Crippen molar-refractivity contribution in [2.75, 3.05) is 6.61 Å². The molecule has 2 aromatic rings. The highest BCUT2D eigenvalue weighted by molar-refractivity contribution is 6.20. The largest absolute Gasteiger partial charge is 0.494 e. The van der Waals surface area contributed by atoms with Gasteiger partial charge in [-0.1, -0.05) is 36.4 Å². The minimum atomic E-state index is -0.952. The summed E-state index contributed by atoms with van der Waals surface area (Å²) in [5, 5.41) is 9.49. The van der Waals surface area contributed by atoms with Crippen molar-refractivity contribution in [1.82, 2.24) is 0 Å². The van der Waals surface area contributed by atoms with E-state index < -0.39 is 5.97 Å². The minimum absolute atomic E-state index is 0.255. The van der Waals surface area contributed by atoms with Gasteiger partial charge in [-0.3, -0.25) is 0 Å². The van der Waals surface area contributed by atoms with Gasteiger partial charge in [0.15, 0.2) is 0 Å². The van der Waals surface area contributed by atoms with Crippen LogP contribution in [0.2, 0.25) is 0 Å². The van der Waals surface area contributed by atoms with E-state index in [1.165, 1.54) is 0 Å². The lowest BCUT2D eigenvalue weighted by atomic mass is 10.0. The SMILES string of the molecule is CCOc1cccc(/C(=C/c2ccccc2C)C(=O)O)c1. The molecule has 0 amide bonds. The Morgan fingerprint density at radius 2 is 1.95 bits per heavy atom. The molecule has 0 saturated heterocycles. The van der Waals surface area contributed by atoms with E-state index in [1.807, 2.05) is 44.2 Å². The van der Waals surface area contributed by atoms with Crippen LogP contribution in [0.3, 0.4) is 0 Å². The van der Waals surface area contributed by atoms with Gasteiger partial charge in [0, 0.05) is 0 Å². The van der Waals surface area contributed by atoms with Crippen LogP contribution >= 0.6 is 0 Å². The summed E-state index contributed by atoms with van der Waals surface area (Å²) < 4.78 is 5.43. The first-order valence-electron chi connectivity index (χ1n) is 6.85. The molecular weight excluding hydrogens is 264 g/mol. The maximum absolute atomic E-state index is 11.6. The van der Waals surface area contributed by atoms with E-state index in [0.717, 1.165) is 11.1 Å². The first kappa shape index (κ1) is 14.9. The second-order valence-electron chi connectivity index (χ2n) is 4.68. The molecule has 21 heavy (non-hydrogen) atoms. The summed E-state index contributed by atoms with van der Waals surface area (Å²) in [6, 6.07) is 14.8. The van der Waals surface area contributed by atoms with Crippen LogP contribution in [-0.2, 0) is 4.79 Å². The fourth-order valence-electron chi connectivity index (χ4n) is 2.09. The summed E-state index contributed by atoms with van der Waals surface area (Å²) in [6.45, 7) is 4.41. The molecular formula is C18H18O3. The van der Waals surface area contributed by atoms with Gasteiger partial charge in [-0.25, -0.2) is 4.79 Å². The third-order valence-corrected chi connectivity index (χ3v) is 3.17. The summed E-state index contributed by atoms with van der Waals surface area (Å²) in [7, 11) is 0. The molecule has 0 aliphatic carbocycles. The standard InChI is InChI=1S/C18H18O3/c1-3-21-16-10-6-9-15(11-16)17(18(19)20)12-14-8-5-4-7-13(14)2/h4-12H,3H2,1-2H3,(H,19,20)/b17-12-. The normalized spacial score (nSPS) is 11.2. The lowest BCUT2D eigenvalue weighted by molar-refractivity contribution is -0.130. The summed E-state index contributed by atoms with van der Waals surface area (Å²) in [4.78, 5) is 11.6. The van der Waals surface area contributed by atoms with Crippen molar-refractivity contribution in [3.05, 3.63) is 65.2 Å². The number of aliphatic carboxylic acids is 1. The van der Waals surface area contributed by atoms with Crippen LogP contribution in [-0.4, -0.2) is 17.7 Å². The molecule has 0 aromatic heterocycles. The number of hydrogen-bond acceptors (Lipinski definition) is 2. The number of ether oxygens (including phenoxy) is 1. The van der Waals surface area contributed by atoms with Gasteiger partial charge in [-0.15, -0.1) is 0 Å². The quantitative estimate of drug-likeness (QED) is 0.665. The molecule has 2 rings (SSSR count). The van der Waals surface area contributed by atoms with E-state index in [4.69, 9.17) is 4.74 Å². The molecule has 2 aromatic carbocycles. The van der Waals surface area contributed by atoms with Gasteiger partial charge in [0.1, 0.15) is 5.75 Å². The Kier molecular flexibility index (Phi) is 4.77. The van der Waals surface area contributed by atoms with Crippen LogP contribution in [0.1, 0.15) is 23.6 Å². The third kappa shape index (κ3) is 3.72. The molecule has 1 N–H and O–H groups in total. The smallest absolute Gasteiger partial charge is 0.336 e. The second-order valence-corrected chi connectivity index (χ2v) is 4.68. The van der Waals surface area contributed by atoms with Crippen LogP contribution in [0.5, 0.6) is 5.75 Å². The molecule has 0 atom stereocenters. The molecule has 0 unspecified atom stereocenters. The molecule has 3 heteroatoms. The predicted molar refractivity (Wildman–Crippen MR) is 84.3 cm³/mol. The van der Waals surface area contributed by atoms with Gasteiger partial charge in [0.2, 0.25) is 0 Å². The first-order valence-corrected chi connectivity index (χ1v) is 6.85. The number of rotatable bonds is 5. The molecule has 0 heterocycles. The van der Waals surface area contributed by atoms with Crippen LogP contribution in [0, 0.1) is 6.92 Å². The lowest BCUT2D eigenvalue weighted by Gasteiger charge is -2.08. The van der Waals surface area contributed by atoms with Crippen molar-refractivity contribution in [2.24, 2.45) is 0 Å². The molecule has 0 aliphatic heterocycles. The molecule has 3 nitrogen and oxygen atoms in total. The van der Waals surface area contributed by atoms with E-state index >= 15 is 0 Å². The Morgan fingerprint density at radius 3 is 2.62 bits per heavy atom. The number of aryl methyl sites for hydroxylation is 1. The molecule has 0 bridgehead atoms. The van der Waals surface area contributed by atoms with Gasteiger partial charge < -0.3 is 9.84 Å². The maximum Gasteiger partial charge on any atom is 0.336 e. The van der Waals surface area contributed by atoms with Gasteiger partial charge in [-0.05, 0) is 48.7 Å². The number of carboxylic acids is 1. The summed E-state index contributed by atoms with van der Waals surface area (Å²) in [5.74, 6) is -0.279. The van der Waals surface area contributed by atoms with E-state index in [1.54, 1.807) is 24.3 Å². The Labute approximate surface area is 124 Å². The van der Waals surface area contributed by atoms with E-state index in [9.17, 15) is 9.90 Å². The Balaban J connectivity index is 2.47. The third-order valence-electron chi connectivity index (χ3n) is 3.17. The van der Waals surface area contributed by atoms with E-state index in [2.05, 4.69) is 0 Å². The molecule has 0 radical (unpaired) electrons. The maximum atomic E-state index is 11.6. The average molecular weight is 282 g/mol. The van der Waals surface area contributed by atoms with Crippen molar-refractivity contribution in [2.45, 2.75) is 13.8 Å². The molecule has 108 valence electrons. The Morgan fingerprint density at radius 1 is 1.19 bits per heavy atom. The van der Waals surface area contributed by atoms with Crippen LogP contribution < -0.4 is 4.74 Å². The van der Waals surface area contributed by atoms with E-state index in [0.29, 0.717) is 17.9 Å². The number of benzene rings is 2. The zero-order valence-electron chi connectivity index (χ0n) is 12.2. The fourth-order valence-corrected chi connectivity index (χ4v) is 2.09. The van der Waals surface area contributed by atoms with Gasteiger partial charge >= 0.3 is 5.97 Å². The fraction of sp³-hybridized carbons (Fsp3) is 0.167. The van der Waals surface area contributed by atoms with E-state index in [-0.39, 0.29) is 5.57 Å². The van der Waals surface area contributed by atoms with Gasteiger partial charge in [0.05, 0.1) is 12.2 Å². The molecule has 0 saturated carbocycles. The highest BCUT2D eigenvalue weighted by atomic mass is 16.5. The summed E-state index contributed by atoms with van der Waals surface area (Å²) in [5.41, 5.74) is 2.83. The monoisotopic (exact) mass is 282 g/mol. The first-order chi connectivity index (χ1) is 10.1. The topological polar surface area (TPSA) is 46.5 Å². The van der Waals surface area contributed by atoms with Crippen LogP contribution in [0.25, 0.3) is 11.6 Å². The van der Waals surface area contributed by atoms with Gasteiger partial charge in [-0.2, -0.15) is 0 Å². The molecule has 0 fully saturated rings. The number of hydrogen-bond donors (Lipinski definition) is 1. The number of carboxylic acid groups (broad SMARTS) is 1. The Hall–Kier alpha value is -2.55. The zero-order chi connectivity index (χ0) is 15.2. The highest BCUT2D eigenvalue weighted by Gasteiger charge is 2.12. The zero-order valence-corrected chi connectivity index (χ0v) is 12.2. The van der Waals surface area contributed by atoms with Crippen molar-refractivity contribution >= 4 is 17.6 Å². The van der Waals surface area contributed by atoms with Crippen molar-refractivity contribution in [1.29, 1.82) is 0 Å². The van der Waals surface area contributed by atoms with Crippen molar-refractivity contribution in [3.8, 4) is 5.75 Å². The van der Waals surface area contributed by atoms with Crippen LogP contribution in [0.15, 0.2) is 48.5 Å². The molecule has 0 spiro atoms. The lowest BCUT2D eigenvalue weighted by Crippen LogP contribution is -2.01. The summed E-state index contributed by atoms with van der Waals surface area (Å²) in [6.07, 6.45) is 1.70. The highest BCUT2D eigenvalue weighted by Crippen LogP contribution is 2.24.